The van der Waals surface area contributed by atoms with Gasteiger partial charge in [0, 0.05) is 12.4 Å². The lowest BCUT2D eigenvalue weighted by Gasteiger charge is -2.03. The van der Waals surface area contributed by atoms with Gasteiger partial charge in [0.1, 0.15) is 4.88 Å². The van der Waals surface area contributed by atoms with Crippen molar-refractivity contribution in [1.29, 1.82) is 0 Å². The van der Waals surface area contributed by atoms with Gasteiger partial charge in [-0.05, 0) is 36.1 Å². The Labute approximate surface area is 132 Å². The highest BCUT2D eigenvalue weighted by Crippen LogP contribution is 2.21. The van der Waals surface area contributed by atoms with Gasteiger partial charge in [-0.15, -0.1) is 11.3 Å². The molecule has 4 nitrogen and oxygen atoms in total. The summed E-state index contributed by atoms with van der Waals surface area (Å²) in [4.78, 5) is 12.9. The normalized spacial score (nSPS) is 11.0. The van der Waals surface area contributed by atoms with Crippen LogP contribution in [0.15, 0.2) is 65.3 Å². The second-order valence-corrected chi connectivity index (χ2v) is 5.75. The van der Waals surface area contributed by atoms with Crippen molar-refractivity contribution < 1.29 is 4.79 Å². The molecule has 0 aliphatic carbocycles. The van der Waals surface area contributed by atoms with Gasteiger partial charge in [-0.25, -0.2) is 5.43 Å². The molecule has 5 heteroatoms. The van der Waals surface area contributed by atoms with E-state index < -0.39 is 0 Å². The molecule has 0 aliphatic rings. The minimum Gasteiger partial charge on any atom is -0.322 e. The summed E-state index contributed by atoms with van der Waals surface area (Å²) in [6.07, 6.45) is 5.47. The molecule has 110 valence electrons. The van der Waals surface area contributed by atoms with Gasteiger partial charge in [-0.1, -0.05) is 29.8 Å². The van der Waals surface area contributed by atoms with E-state index in [-0.39, 0.29) is 5.91 Å². The monoisotopic (exact) mass is 309 g/mol. The molecule has 3 aromatic rings. The molecule has 1 amide bonds. The molecular formula is C17H15N3OS. The molecule has 1 aromatic carbocycles. The summed E-state index contributed by atoms with van der Waals surface area (Å²) in [7, 11) is 0. The van der Waals surface area contributed by atoms with Crippen LogP contribution in [0.25, 0.3) is 5.69 Å². The number of benzene rings is 1. The minimum atomic E-state index is -0.206. The molecule has 0 atom stereocenters. The number of aryl methyl sites for hydroxylation is 1. The Bertz CT molecular complexity index is 803. The lowest BCUT2D eigenvalue weighted by atomic mass is 10.2. The van der Waals surface area contributed by atoms with Crippen LogP contribution in [0.3, 0.4) is 0 Å². The van der Waals surface area contributed by atoms with Crippen molar-refractivity contribution >= 4 is 23.5 Å². The molecule has 3 rings (SSSR count). The zero-order valence-corrected chi connectivity index (χ0v) is 12.9. The van der Waals surface area contributed by atoms with Crippen molar-refractivity contribution in [2.45, 2.75) is 6.92 Å². The average Bonchev–Trinajstić information content (AvgIpc) is 3.18. The van der Waals surface area contributed by atoms with Gasteiger partial charge in [0.05, 0.1) is 11.9 Å². The van der Waals surface area contributed by atoms with Crippen LogP contribution < -0.4 is 5.43 Å². The molecule has 0 aliphatic heterocycles. The van der Waals surface area contributed by atoms with E-state index in [0.717, 1.165) is 16.8 Å². The van der Waals surface area contributed by atoms with Gasteiger partial charge in [-0.2, -0.15) is 5.10 Å². The van der Waals surface area contributed by atoms with Crippen molar-refractivity contribution in [2.24, 2.45) is 5.10 Å². The maximum absolute atomic E-state index is 12.3. The number of nitrogens with one attached hydrogen (secondary N) is 1. The number of nitrogens with zero attached hydrogens (tertiary/aromatic N) is 2. The highest BCUT2D eigenvalue weighted by Gasteiger charge is 2.13. The molecule has 2 aromatic heterocycles. The predicted octanol–water partition coefficient (Wildman–Crippen LogP) is 3.61. The molecule has 0 fully saturated rings. The van der Waals surface area contributed by atoms with Gasteiger partial charge >= 0.3 is 0 Å². The molecule has 1 N–H and O–H groups in total. The number of hydrogen-bond donors (Lipinski definition) is 1. The summed E-state index contributed by atoms with van der Waals surface area (Å²) >= 11 is 1.40. The Morgan fingerprint density at radius 3 is 2.82 bits per heavy atom. The van der Waals surface area contributed by atoms with E-state index in [2.05, 4.69) is 10.5 Å². The molecule has 2 heterocycles. The lowest BCUT2D eigenvalue weighted by molar-refractivity contribution is 0.0959. The number of hydrazone groups is 1. The molecule has 22 heavy (non-hydrogen) atoms. The van der Waals surface area contributed by atoms with Gasteiger partial charge in [0.2, 0.25) is 0 Å². The molecule has 0 unspecified atom stereocenters. The number of carbonyl (C=O) groups is 1. The SMILES string of the molecule is Cc1cccc(C=NNC(=O)c2sccc2-n2cccc2)c1. The molecular weight excluding hydrogens is 294 g/mol. The van der Waals surface area contributed by atoms with E-state index in [1.807, 2.05) is 71.7 Å². The summed E-state index contributed by atoms with van der Waals surface area (Å²) in [5.41, 5.74) is 5.55. The molecule has 0 saturated carbocycles. The Balaban J connectivity index is 1.72. The Morgan fingerprint density at radius 1 is 1.23 bits per heavy atom. The van der Waals surface area contributed by atoms with Crippen molar-refractivity contribution in [1.82, 2.24) is 9.99 Å². The van der Waals surface area contributed by atoms with E-state index in [1.165, 1.54) is 11.3 Å². The number of rotatable bonds is 4. The Morgan fingerprint density at radius 2 is 2.05 bits per heavy atom. The summed E-state index contributed by atoms with van der Waals surface area (Å²) in [5, 5.41) is 5.93. The minimum absolute atomic E-state index is 0.206. The van der Waals surface area contributed by atoms with E-state index in [1.54, 1.807) is 6.21 Å². The second kappa shape index (κ2) is 6.41. The third-order valence-electron chi connectivity index (χ3n) is 3.16. The topological polar surface area (TPSA) is 46.4 Å². The van der Waals surface area contributed by atoms with Crippen LogP contribution in [-0.4, -0.2) is 16.7 Å². The maximum atomic E-state index is 12.3. The van der Waals surface area contributed by atoms with Crippen LogP contribution in [0.4, 0.5) is 0 Å². The number of aromatic nitrogens is 1. The van der Waals surface area contributed by atoms with Crippen LogP contribution in [0.5, 0.6) is 0 Å². The van der Waals surface area contributed by atoms with Gasteiger partial charge in [-0.3, -0.25) is 4.79 Å². The fourth-order valence-electron chi connectivity index (χ4n) is 2.14. The first-order chi connectivity index (χ1) is 10.7. The zero-order valence-electron chi connectivity index (χ0n) is 12.1. The van der Waals surface area contributed by atoms with E-state index in [9.17, 15) is 4.79 Å². The highest BCUT2D eigenvalue weighted by atomic mass is 32.1. The van der Waals surface area contributed by atoms with Crippen LogP contribution in [0, 0.1) is 6.92 Å². The van der Waals surface area contributed by atoms with Crippen molar-refractivity contribution in [2.75, 3.05) is 0 Å². The Hall–Kier alpha value is -2.66. The smallest absolute Gasteiger partial charge is 0.283 e. The highest BCUT2D eigenvalue weighted by molar-refractivity contribution is 7.12. The predicted molar refractivity (Wildman–Crippen MR) is 89.9 cm³/mol. The quantitative estimate of drug-likeness (QED) is 0.581. The van der Waals surface area contributed by atoms with Crippen molar-refractivity contribution in [3.05, 3.63) is 76.2 Å². The molecule has 0 bridgehead atoms. The fourth-order valence-corrected chi connectivity index (χ4v) is 2.92. The van der Waals surface area contributed by atoms with Crippen LogP contribution in [0.2, 0.25) is 0 Å². The standard InChI is InChI=1S/C17H15N3OS/c1-13-5-4-6-14(11-13)12-18-19-17(21)16-15(7-10-22-16)20-8-2-3-9-20/h2-12H,1H3,(H,19,21). The summed E-state index contributed by atoms with van der Waals surface area (Å²) < 4.78 is 1.91. The van der Waals surface area contributed by atoms with Crippen LogP contribution in [-0.2, 0) is 0 Å². The number of carbonyl (C=O) groups excluding carboxylic acids is 1. The third-order valence-corrected chi connectivity index (χ3v) is 4.06. The summed E-state index contributed by atoms with van der Waals surface area (Å²) in [6, 6.07) is 13.7. The first-order valence-corrected chi connectivity index (χ1v) is 7.73. The zero-order chi connectivity index (χ0) is 15.4. The van der Waals surface area contributed by atoms with Gasteiger partial charge in [0.25, 0.3) is 5.91 Å². The fraction of sp³-hybridized carbons (Fsp3) is 0.0588. The van der Waals surface area contributed by atoms with E-state index in [0.29, 0.717) is 4.88 Å². The van der Waals surface area contributed by atoms with Crippen molar-refractivity contribution in [3.63, 3.8) is 0 Å². The molecule has 0 radical (unpaired) electrons. The second-order valence-electron chi connectivity index (χ2n) is 4.84. The molecule has 0 saturated heterocycles. The van der Waals surface area contributed by atoms with Gasteiger partial charge in [0.15, 0.2) is 0 Å². The third kappa shape index (κ3) is 3.15. The first-order valence-electron chi connectivity index (χ1n) is 6.85. The number of amides is 1. The van der Waals surface area contributed by atoms with Crippen LogP contribution in [0.1, 0.15) is 20.8 Å². The number of thiophene rings is 1. The van der Waals surface area contributed by atoms with Gasteiger partial charge < -0.3 is 4.57 Å². The largest absolute Gasteiger partial charge is 0.322 e. The Kier molecular flexibility index (Phi) is 4.16. The summed E-state index contributed by atoms with van der Waals surface area (Å²) in [5.74, 6) is -0.206. The van der Waals surface area contributed by atoms with E-state index >= 15 is 0 Å². The lowest BCUT2D eigenvalue weighted by Crippen LogP contribution is -2.17. The average molecular weight is 309 g/mol. The van der Waals surface area contributed by atoms with E-state index in [4.69, 9.17) is 0 Å². The van der Waals surface area contributed by atoms with Crippen molar-refractivity contribution in [3.8, 4) is 5.69 Å². The molecule has 0 spiro atoms. The summed E-state index contributed by atoms with van der Waals surface area (Å²) in [6.45, 7) is 2.02. The number of hydrogen-bond acceptors (Lipinski definition) is 3. The van der Waals surface area contributed by atoms with Crippen LogP contribution >= 0.6 is 11.3 Å². The maximum Gasteiger partial charge on any atom is 0.283 e. The first kappa shape index (κ1) is 14.3.